The molecule has 0 amide bonds. The van der Waals surface area contributed by atoms with Crippen molar-refractivity contribution in [2.45, 2.75) is 38.1 Å². The number of para-hydroxylation sites is 1. The average Bonchev–Trinajstić information content (AvgIpc) is 2.39. The van der Waals surface area contributed by atoms with E-state index in [0.29, 0.717) is 11.6 Å². The highest BCUT2D eigenvalue weighted by atomic mass is 19.1. The Morgan fingerprint density at radius 3 is 2.59 bits per heavy atom. The van der Waals surface area contributed by atoms with Crippen LogP contribution in [0.5, 0.6) is 0 Å². The third kappa shape index (κ3) is 3.19. The minimum Gasteiger partial charge on any atom is -0.394 e. The molecule has 0 radical (unpaired) electrons. The molecule has 1 aliphatic carbocycles. The molecule has 94 valence electrons. The number of hydrogen-bond donors (Lipinski definition) is 2. The molecule has 17 heavy (non-hydrogen) atoms. The first-order chi connectivity index (χ1) is 8.31. The summed E-state index contributed by atoms with van der Waals surface area (Å²) in [6.45, 7) is 0.0685. The molecule has 0 saturated heterocycles. The van der Waals surface area contributed by atoms with E-state index < -0.39 is 0 Å². The summed E-state index contributed by atoms with van der Waals surface area (Å²) in [6, 6.07) is 6.63. The van der Waals surface area contributed by atoms with Crippen molar-refractivity contribution >= 4 is 5.69 Å². The minimum atomic E-state index is -0.248. The van der Waals surface area contributed by atoms with Gasteiger partial charge in [-0.25, -0.2) is 4.39 Å². The Hall–Kier alpha value is -1.09. The lowest BCUT2D eigenvalue weighted by Gasteiger charge is -2.30. The molecule has 1 atom stereocenters. The van der Waals surface area contributed by atoms with E-state index in [0.717, 1.165) is 12.8 Å². The van der Waals surface area contributed by atoms with Crippen molar-refractivity contribution in [1.29, 1.82) is 0 Å². The second-order valence-electron chi connectivity index (χ2n) is 4.81. The topological polar surface area (TPSA) is 32.3 Å². The van der Waals surface area contributed by atoms with Crippen LogP contribution >= 0.6 is 0 Å². The number of aliphatic hydroxyl groups is 1. The van der Waals surface area contributed by atoms with Gasteiger partial charge in [0.15, 0.2) is 0 Å². The lowest BCUT2D eigenvalue weighted by atomic mass is 9.84. The molecule has 0 aliphatic heterocycles. The molecule has 1 aromatic carbocycles. The zero-order valence-corrected chi connectivity index (χ0v) is 10.0. The third-order valence-corrected chi connectivity index (χ3v) is 3.63. The monoisotopic (exact) mass is 237 g/mol. The first-order valence-electron chi connectivity index (χ1n) is 6.43. The first kappa shape index (κ1) is 12.4. The molecular weight excluding hydrogens is 217 g/mol. The Morgan fingerprint density at radius 1 is 1.24 bits per heavy atom. The smallest absolute Gasteiger partial charge is 0.146 e. The zero-order valence-electron chi connectivity index (χ0n) is 10.0. The lowest BCUT2D eigenvalue weighted by molar-refractivity contribution is 0.209. The van der Waals surface area contributed by atoms with Crippen molar-refractivity contribution in [2.24, 2.45) is 5.92 Å². The van der Waals surface area contributed by atoms with E-state index in [-0.39, 0.29) is 18.5 Å². The highest BCUT2D eigenvalue weighted by Crippen LogP contribution is 2.28. The summed E-state index contributed by atoms with van der Waals surface area (Å²) in [5.41, 5.74) is 0.497. The molecule has 0 heterocycles. The molecule has 0 aromatic heterocycles. The van der Waals surface area contributed by atoms with Crippen LogP contribution in [0.2, 0.25) is 0 Å². The van der Waals surface area contributed by atoms with Gasteiger partial charge in [-0.3, -0.25) is 0 Å². The number of nitrogens with one attached hydrogen (secondary N) is 1. The number of rotatable bonds is 4. The normalized spacial score (nSPS) is 18.9. The maximum Gasteiger partial charge on any atom is 0.146 e. The van der Waals surface area contributed by atoms with Crippen LogP contribution in [0.25, 0.3) is 0 Å². The molecule has 2 rings (SSSR count). The van der Waals surface area contributed by atoms with Crippen LogP contribution in [0.3, 0.4) is 0 Å². The van der Waals surface area contributed by atoms with E-state index in [1.807, 2.05) is 0 Å². The highest BCUT2D eigenvalue weighted by Gasteiger charge is 2.23. The van der Waals surface area contributed by atoms with E-state index in [1.54, 1.807) is 18.2 Å². The predicted octanol–water partition coefficient (Wildman–Crippen LogP) is 3.18. The average molecular weight is 237 g/mol. The minimum absolute atomic E-state index is 0.0211. The number of anilines is 1. The summed E-state index contributed by atoms with van der Waals surface area (Å²) in [7, 11) is 0. The van der Waals surface area contributed by atoms with Gasteiger partial charge < -0.3 is 10.4 Å². The van der Waals surface area contributed by atoms with E-state index in [9.17, 15) is 9.50 Å². The van der Waals surface area contributed by atoms with Crippen LogP contribution in [0, 0.1) is 11.7 Å². The van der Waals surface area contributed by atoms with Gasteiger partial charge in [-0.2, -0.15) is 0 Å². The Kier molecular flexibility index (Phi) is 4.37. The second kappa shape index (κ2) is 6.01. The van der Waals surface area contributed by atoms with Crippen molar-refractivity contribution < 1.29 is 9.50 Å². The SMILES string of the molecule is OCC(Nc1ccccc1F)C1CCCCC1. The molecule has 3 heteroatoms. The Labute approximate surface area is 102 Å². The van der Waals surface area contributed by atoms with E-state index in [2.05, 4.69) is 5.32 Å². The molecule has 1 saturated carbocycles. The van der Waals surface area contributed by atoms with Crippen LogP contribution in [0.4, 0.5) is 10.1 Å². The second-order valence-corrected chi connectivity index (χ2v) is 4.81. The summed E-state index contributed by atoms with van der Waals surface area (Å²) < 4.78 is 13.5. The van der Waals surface area contributed by atoms with Crippen LogP contribution in [-0.4, -0.2) is 17.8 Å². The standard InChI is InChI=1S/C14H20FNO/c15-12-8-4-5-9-13(12)16-14(10-17)11-6-2-1-3-7-11/h4-5,8-9,11,14,16-17H,1-3,6-7,10H2. The predicted molar refractivity (Wildman–Crippen MR) is 67.5 cm³/mol. The fourth-order valence-corrected chi connectivity index (χ4v) is 2.63. The summed E-state index contributed by atoms with van der Waals surface area (Å²) >= 11 is 0. The molecule has 1 aromatic rings. The Balaban J connectivity index is 2.01. The molecule has 1 unspecified atom stereocenters. The van der Waals surface area contributed by atoms with Gasteiger partial charge >= 0.3 is 0 Å². The maximum atomic E-state index is 13.5. The highest BCUT2D eigenvalue weighted by molar-refractivity contribution is 5.45. The van der Waals surface area contributed by atoms with Gasteiger partial charge in [0.1, 0.15) is 5.82 Å². The van der Waals surface area contributed by atoms with Gasteiger partial charge in [0.25, 0.3) is 0 Å². The first-order valence-corrected chi connectivity index (χ1v) is 6.43. The Bertz CT molecular complexity index is 350. The number of halogens is 1. The fourth-order valence-electron chi connectivity index (χ4n) is 2.63. The molecule has 1 aliphatic rings. The molecule has 0 bridgehead atoms. The van der Waals surface area contributed by atoms with Crippen molar-refractivity contribution in [2.75, 3.05) is 11.9 Å². The van der Waals surface area contributed by atoms with Crippen LogP contribution in [0.1, 0.15) is 32.1 Å². The van der Waals surface area contributed by atoms with Gasteiger partial charge in [-0.1, -0.05) is 31.4 Å². The van der Waals surface area contributed by atoms with Gasteiger partial charge in [0, 0.05) is 0 Å². The summed E-state index contributed by atoms with van der Waals surface area (Å²) in [5, 5.41) is 12.6. The van der Waals surface area contributed by atoms with Crippen LogP contribution < -0.4 is 5.32 Å². The zero-order chi connectivity index (χ0) is 12.1. The number of aliphatic hydroxyl groups excluding tert-OH is 1. The lowest BCUT2D eigenvalue weighted by Crippen LogP contribution is -2.34. The van der Waals surface area contributed by atoms with Gasteiger partial charge in [0.2, 0.25) is 0 Å². The van der Waals surface area contributed by atoms with Gasteiger partial charge in [-0.05, 0) is 30.9 Å². The number of benzene rings is 1. The molecule has 2 nitrogen and oxygen atoms in total. The summed E-state index contributed by atoms with van der Waals surface area (Å²) in [6.07, 6.45) is 5.99. The molecular formula is C14H20FNO. The maximum absolute atomic E-state index is 13.5. The van der Waals surface area contributed by atoms with Gasteiger partial charge in [-0.15, -0.1) is 0 Å². The van der Waals surface area contributed by atoms with Crippen molar-refractivity contribution in [1.82, 2.24) is 0 Å². The van der Waals surface area contributed by atoms with Crippen molar-refractivity contribution in [3.05, 3.63) is 30.1 Å². The number of hydrogen-bond acceptors (Lipinski definition) is 2. The van der Waals surface area contributed by atoms with Crippen molar-refractivity contribution in [3.63, 3.8) is 0 Å². The van der Waals surface area contributed by atoms with E-state index in [4.69, 9.17) is 0 Å². The van der Waals surface area contributed by atoms with E-state index in [1.165, 1.54) is 25.3 Å². The molecule has 0 spiro atoms. The van der Waals surface area contributed by atoms with Gasteiger partial charge in [0.05, 0.1) is 18.3 Å². The summed E-state index contributed by atoms with van der Waals surface area (Å²) in [4.78, 5) is 0. The Morgan fingerprint density at radius 2 is 1.94 bits per heavy atom. The summed E-state index contributed by atoms with van der Waals surface area (Å²) in [5.74, 6) is 0.218. The molecule has 1 fully saturated rings. The quantitative estimate of drug-likeness (QED) is 0.843. The van der Waals surface area contributed by atoms with Crippen LogP contribution in [-0.2, 0) is 0 Å². The largest absolute Gasteiger partial charge is 0.394 e. The van der Waals surface area contributed by atoms with Crippen molar-refractivity contribution in [3.8, 4) is 0 Å². The fraction of sp³-hybridized carbons (Fsp3) is 0.571. The van der Waals surface area contributed by atoms with E-state index >= 15 is 0 Å². The van der Waals surface area contributed by atoms with Crippen LogP contribution in [0.15, 0.2) is 24.3 Å². The third-order valence-electron chi connectivity index (χ3n) is 3.63. The molecule has 2 N–H and O–H groups in total.